The average molecular weight is 332 g/mol. The highest BCUT2D eigenvalue weighted by Crippen LogP contribution is 2.15. The topological polar surface area (TPSA) is 78.0 Å². The zero-order chi connectivity index (χ0) is 16.3. The van der Waals surface area contributed by atoms with Crippen molar-refractivity contribution in [1.82, 2.24) is 25.8 Å². The molecular weight excluding hydrogens is 308 g/mol. The molecule has 0 unspecified atom stereocenters. The lowest BCUT2D eigenvalue weighted by Crippen LogP contribution is -2.37. The number of thioether (sulfide) groups is 1. The number of unbranched alkanes of at least 4 members (excludes halogenated alkanes) is 1. The third-order valence-electron chi connectivity index (χ3n) is 3.37. The Bertz CT molecular complexity index is 596. The molecule has 2 rings (SSSR count). The fraction of sp³-hybridized carbons (Fsp3) is 0.438. The van der Waals surface area contributed by atoms with Gasteiger partial charge in [0.05, 0.1) is 0 Å². The van der Waals surface area contributed by atoms with Crippen LogP contribution in [0.25, 0.3) is 11.4 Å². The van der Waals surface area contributed by atoms with Crippen molar-refractivity contribution in [1.29, 1.82) is 0 Å². The highest BCUT2D eigenvalue weighted by molar-refractivity contribution is 7.98. The van der Waals surface area contributed by atoms with Crippen LogP contribution in [0.1, 0.15) is 18.4 Å². The van der Waals surface area contributed by atoms with E-state index in [2.05, 4.69) is 49.2 Å². The number of aliphatic imine (C=N–C) groups is 1. The van der Waals surface area contributed by atoms with Crippen molar-refractivity contribution in [2.75, 3.05) is 25.6 Å². The molecule has 0 saturated carbocycles. The maximum Gasteiger partial charge on any atom is 0.191 e. The standard InChI is InChI=1S/C16H24N6S/c1-17-16(18-8-3-4-9-23-2)19-11-13-6-5-7-14(10-13)15-20-12-21-22-15/h5-7,10,12H,3-4,8-9,11H2,1-2H3,(H2,17,18,19)(H,20,21,22). The quantitative estimate of drug-likeness (QED) is 0.393. The van der Waals surface area contributed by atoms with Crippen LogP contribution in [0.15, 0.2) is 35.6 Å². The number of aromatic nitrogens is 3. The number of rotatable bonds is 8. The van der Waals surface area contributed by atoms with Crippen LogP contribution in [0, 0.1) is 0 Å². The van der Waals surface area contributed by atoms with E-state index in [0.29, 0.717) is 6.54 Å². The van der Waals surface area contributed by atoms with Crippen LogP contribution in [0.5, 0.6) is 0 Å². The summed E-state index contributed by atoms with van der Waals surface area (Å²) < 4.78 is 0. The van der Waals surface area contributed by atoms with Crippen molar-refractivity contribution in [2.45, 2.75) is 19.4 Å². The Labute approximate surface area is 141 Å². The number of nitrogens with one attached hydrogen (secondary N) is 3. The normalized spacial score (nSPS) is 11.5. The number of aromatic amines is 1. The second-order valence-electron chi connectivity index (χ2n) is 5.09. The molecule has 0 aliphatic rings. The molecule has 0 aliphatic heterocycles. The molecule has 0 atom stereocenters. The number of H-pyrrole nitrogens is 1. The zero-order valence-electron chi connectivity index (χ0n) is 13.7. The molecule has 1 aromatic carbocycles. The van der Waals surface area contributed by atoms with Crippen molar-refractivity contribution >= 4 is 17.7 Å². The van der Waals surface area contributed by atoms with E-state index in [1.807, 2.05) is 23.9 Å². The summed E-state index contributed by atoms with van der Waals surface area (Å²) in [7, 11) is 1.79. The second kappa shape index (κ2) is 9.89. The van der Waals surface area contributed by atoms with E-state index < -0.39 is 0 Å². The van der Waals surface area contributed by atoms with Gasteiger partial charge in [0, 0.05) is 25.7 Å². The molecule has 6 nitrogen and oxygen atoms in total. The van der Waals surface area contributed by atoms with Gasteiger partial charge < -0.3 is 10.6 Å². The summed E-state index contributed by atoms with van der Waals surface area (Å²) in [5, 5.41) is 13.4. The number of benzene rings is 1. The second-order valence-corrected chi connectivity index (χ2v) is 6.07. The Balaban J connectivity index is 1.81. The minimum atomic E-state index is 0.715. The van der Waals surface area contributed by atoms with Crippen LogP contribution in [0.2, 0.25) is 0 Å². The summed E-state index contributed by atoms with van der Waals surface area (Å²) in [5.74, 6) is 2.82. The van der Waals surface area contributed by atoms with Gasteiger partial charge in [0.25, 0.3) is 0 Å². The van der Waals surface area contributed by atoms with Gasteiger partial charge in [0.15, 0.2) is 11.8 Å². The molecule has 7 heteroatoms. The summed E-state index contributed by atoms with van der Waals surface area (Å²) in [4.78, 5) is 8.43. The van der Waals surface area contributed by atoms with Gasteiger partial charge in [-0.3, -0.25) is 10.1 Å². The lowest BCUT2D eigenvalue weighted by atomic mass is 10.1. The van der Waals surface area contributed by atoms with E-state index in [4.69, 9.17) is 0 Å². The van der Waals surface area contributed by atoms with Gasteiger partial charge >= 0.3 is 0 Å². The Kier molecular flexibility index (Phi) is 7.45. The van der Waals surface area contributed by atoms with Gasteiger partial charge in [-0.1, -0.05) is 18.2 Å². The van der Waals surface area contributed by atoms with E-state index in [-0.39, 0.29) is 0 Å². The molecule has 124 valence electrons. The van der Waals surface area contributed by atoms with E-state index in [1.54, 1.807) is 7.05 Å². The Morgan fingerprint density at radius 2 is 2.22 bits per heavy atom. The molecule has 1 aromatic heterocycles. The van der Waals surface area contributed by atoms with Crippen molar-refractivity contribution in [3.05, 3.63) is 36.2 Å². The van der Waals surface area contributed by atoms with Crippen LogP contribution in [0.3, 0.4) is 0 Å². The summed E-state index contributed by atoms with van der Waals surface area (Å²) in [5.41, 5.74) is 2.20. The van der Waals surface area contributed by atoms with Crippen molar-refractivity contribution in [3.63, 3.8) is 0 Å². The molecule has 0 fully saturated rings. The first kappa shape index (κ1) is 17.3. The maximum absolute atomic E-state index is 4.25. The summed E-state index contributed by atoms with van der Waals surface area (Å²) in [6.45, 7) is 1.66. The molecule has 0 bridgehead atoms. The first-order valence-corrected chi connectivity index (χ1v) is 9.11. The number of hydrogen-bond donors (Lipinski definition) is 3. The predicted octanol–water partition coefficient (Wildman–Crippen LogP) is 2.28. The van der Waals surface area contributed by atoms with E-state index >= 15 is 0 Å². The van der Waals surface area contributed by atoms with Crippen molar-refractivity contribution in [3.8, 4) is 11.4 Å². The number of nitrogens with zero attached hydrogens (tertiary/aromatic N) is 3. The minimum absolute atomic E-state index is 0.715. The third kappa shape index (κ3) is 5.94. The largest absolute Gasteiger partial charge is 0.356 e. The minimum Gasteiger partial charge on any atom is -0.356 e. The monoisotopic (exact) mass is 332 g/mol. The third-order valence-corrected chi connectivity index (χ3v) is 4.06. The molecule has 0 amide bonds. The van der Waals surface area contributed by atoms with Crippen LogP contribution in [0.4, 0.5) is 0 Å². The van der Waals surface area contributed by atoms with E-state index in [9.17, 15) is 0 Å². The van der Waals surface area contributed by atoms with E-state index in [1.165, 1.54) is 24.1 Å². The smallest absolute Gasteiger partial charge is 0.191 e. The molecular formula is C16H24N6S. The predicted molar refractivity (Wildman–Crippen MR) is 97.6 cm³/mol. The van der Waals surface area contributed by atoms with Crippen LogP contribution < -0.4 is 10.6 Å². The van der Waals surface area contributed by atoms with Crippen LogP contribution in [-0.4, -0.2) is 46.7 Å². The Morgan fingerprint density at radius 1 is 1.30 bits per heavy atom. The van der Waals surface area contributed by atoms with Gasteiger partial charge in [-0.15, -0.1) is 0 Å². The number of guanidine groups is 1. The molecule has 0 aliphatic carbocycles. The zero-order valence-corrected chi connectivity index (χ0v) is 14.5. The molecule has 0 saturated heterocycles. The fourth-order valence-electron chi connectivity index (χ4n) is 2.16. The molecule has 2 aromatic rings. The molecule has 0 radical (unpaired) electrons. The van der Waals surface area contributed by atoms with Gasteiger partial charge in [-0.05, 0) is 36.5 Å². The highest BCUT2D eigenvalue weighted by atomic mass is 32.2. The van der Waals surface area contributed by atoms with Gasteiger partial charge in [-0.2, -0.15) is 16.9 Å². The van der Waals surface area contributed by atoms with Crippen molar-refractivity contribution in [2.24, 2.45) is 4.99 Å². The average Bonchev–Trinajstić information content (AvgIpc) is 3.12. The molecule has 0 spiro atoms. The van der Waals surface area contributed by atoms with Gasteiger partial charge in [0.2, 0.25) is 0 Å². The molecule has 23 heavy (non-hydrogen) atoms. The highest BCUT2D eigenvalue weighted by Gasteiger charge is 2.03. The first-order chi connectivity index (χ1) is 11.3. The summed E-state index contributed by atoms with van der Waals surface area (Å²) in [6, 6.07) is 8.22. The summed E-state index contributed by atoms with van der Waals surface area (Å²) in [6.07, 6.45) is 6.04. The summed E-state index contributed by atoms with van der Waals surface area (Å²) >= 11 is 1.89. The Hall–Kier alpha value is -2.02. The van der Waals surface area contributed by atoms with Crippen LogP contribution in [-0.2, 0) is 6.54 Å². The Morgan fingerprint density at radius 3 is 2.96 bits per heavy atom. The lowest BCUT2D eigenvalue weighted by molar-refractivity contribution is 0.733. The SMILES string of the molecule is CN=C(NCCCCSC)NCc1cccc(-c2ncn[nH]2)c1. The molecule has 1 heterocycles. The number of hydrogen-bond acceptors (Lipinski definition) is 4. The van der Waals surface area contributed by atoms with Crippen molar-refractivity contribution < 1.29 is 0 Å². The molecule has 3 N–H and O–H groups in total. The van der Waals surface area contributed by atoms with Crippen LogP contribution >= 0.6 is 11.8 Å². The maximum atomic E-state index is 4.25. The van der Waals surface area contributed by atoms with E-state index in [0.717, 1.165) is 30.3 Å². The fourth-order valence-corrected chi connectivity index (χ4v) is 2.65. The lowest BCUT2D eigenvalue weighted by Gasteiger charge is -2.12. The van der Waals surface area contributed by atoms with Gasteiger partial charge in [-0.25, -0.2) is 4.98 Å². The van der Waals surface area contributed by atoms with Gasteiger partial charge in [0.1, 0.15) is 6.33 Å². The first-order valence-electron chi connectivity index (χ1n) is 7.71.